The molecule has 2 rings (SSSR count). The zero-order chi connectivity index (χ0) is 9.15. The summed E-state index contributed by atoms with van der Waals surface area (Å²) in [6.07, 6.45) is 10.2. The van der Waals surface area contributed by atoms with Gasteiger partial charge in [-0.15, -0.1) is 0 Å². The lowest BCUT2D eigenvalue weighted by molar-refractivity contribution is 0.382. The Balaban J connectivity index is 2.04. The number of rotatable bonds is 2. The van der Waals surface area contributed by atoms with E-state index in [0.717, 1.165) is 31.4 Å². The van der Waals surface area contributed by atoms with Crippen molar-refractivity contribution >= 4 is 11.7 Å². The lowest BCUT2D eigenvalue weighted by Crippen LogP contribution is -2.42. The number of nitrogens with zero attached hydrogens (tertiary/aromatic N) is 2. The fourth-order valence-electron chi connectivity index (χ4n) is 1.69. The van der Waals surface area contributed by atoms with E-state index in [1.807, 2.05) is 6.20 Å². The molecule has 1 atom stereocenters. The van der Waals surface area contributed by atoms with Gasteiger partial charge in [0.2, 0.25) is 0 Å². The molecule has 1 heterocycles. The third kappa shape index (κ3) is 2.14. The zero-order valence-corrected chi connectivity index (χ0v) is 8.26. The highest BCUT2D eigenvalue weighted by Crippen LogP contribution is 2.24. The molecule has 0 aliphatic heterocycles. The zero-order valence-electron chi connectivity index (χ0n) is 7.44. The predicted octanol–water partition coefficient (Wildman–Crippen LogP) is 1.52. The van der Waals surface area contributed by atoms with Crippen molar-refractivity contribution in [2.75, 3.05) is 0 Å². The van der Waals surface area contributed by atoms with Crippen molar-refractivity contribution in [2.24, 2.45) is 5.73 Å². The van der Waals surface area contributed by atoms with E-state index in [9.17, 15) is 0 Å². The summed E-state index contributed by atoms with van der Waals surface area (Å²) < 4.78 is 8.16. The molecule has 13 heavy (non-hydrogen) atoms. The third-order valence-corrected chi connectivity index (χ3v) is 2.96. The second kappa shape index (κ2) is 3.55. The average Bonchev–Trinajstić information content (AvgIpc) is 2.57. The summed E-state index contributed by atoms with van der Waals surface area (Å²) in [5, 5.41) is 0. The number of nitrogens with two attached hydrogens (primary N) is 1. The molecule has 70 valence electrons. The van der Waals surface area contributed by atoms with Crippen LogP contribution in [0.4, 0.5) is 0 Å². The smallest absolute Gasteiger partial charge is 0.0761 e. The molecule has 0 saturated carbocycles. The Morgan fingerprint density at radius 1 is 1.54 bits per heavy atom. The van der Waals surface area contributed by atoms with Crippen LogP contribution in [0.5, 0.6) is 0 Å². The number of hydrogen-bond acceptors (Lipinski definition) is 4. The molecular weight excluding hydrogens is 182 g/mol. The first-order chi connectivity index (χ1) is 6.29. The van der Waals surface area contributed by atoms with Crippen molar-refractivity contribution in [2.45, 2.75) is 31.2 Å². The summed E-state index contributed by atoms with van der Waals surface area (Å²) in [4.78, 5) is 0. The SMILES string of the molecule is NC1(Cc2cnsn2)CC=CCC1. The molecule has 0 saturated heterocycles. The first kappa shape index (κ1) is 8.84. The Labute approximate surface area is 82.0 Å². The van der Waals surface area contributed by atoms with Crippen molar-refractivity contribution < 1.29 is 0 Å². The Kier molecular flexibility index (Phi) is 2.42. The molecule has 1 unspecified atom stereocenters. The van der Waals surface area contributed by atoms with Gasteiger partial charge >= 0.3 is 0 Å². The van der Waals surface area contributed by atoms with Gasteiger partial charge < -0.3 is 5.73 Å². The number of hydrogen-bond donors (Lipinski definition) is 1. The minimum Gasteiger partial charge on any atom is -0.324 e. The van der Waals surface area contributed by atoms with Crippen LogP contribution in [-0.4, -0.2) is 14.3 Å². The lowest BCUT2D eigenvalue weighted by atomic mass is 9.83. The molecule has 1 aromatic rings. The van der Waals surface area contributed by atoms with Gasteiger partial charge in [-0.25, -0.2) is 0 Å². The van der Waals surface area contributed by atoms with Crippen molar-refractivity contribution in [3.63, 3.8) is 0 Å². The molecule has 0 bridgehead atoms. The van der Waals surface area contributed by atoms with Crippen LogP contribution >= 0.6 is 11.7 Å². The number of allylic oxidation sites excluding steroid dienone is 1. The normalized spacial score (nSPS) is 27.8. The maximum absolute atomic E-state index is 6.24. The molecular formula is C9H13N3S. The summed E-state index contributed by atoms with van der Waals surface area (Å²) >= 11 is 1.25. The monoisotopic (exact) mass is 195 g/mol. The van der Waals surface area contributed by atoms with E-state index in [0.29, 0.717) is 0 Å². The van der Waals surface area contributed by atoms with E-state index in [2.05, 4.69) is 20.9 Å². The largest absolute Gasteiger partial charge is 0.324 e. The van der Waals surface area contributed by atoms with Crippen molar-refractivity contribution in [1.82, 2.24) is 8.75 Å². The quantitative estimate of drug-likeness (QED) is 0.728. The van der Waals surface area contributed by atoms with Crippen LogP contribution in [0.2, 0.25) is 0 Å². The predicted molar refractivity (Wildman–Crippen MR) is 53.5 cm³/mol. The van der Waals surface area contributed by atoms with Gasteiger partial charge in [-0.1, -0.05) is 12.2 Å². The molecule has 1 aliphatic rings. The topological polar surface area (TPSA) is 51.8 Å². The minimum atomic E-state index is -0.0789. The van der Waals surface area contributed by atoms with Crippen LogP contribution in [0.3, 0.4) is 0 Å². The van der Waals surface area contributed by atoms with Gasteiger partial charge in [0.05, 0.1) is 23.6 Å². The van der Waals surface area contributed by atoms with E-state index < -0.39 is 0 Å². The van der Waals surface area contributed by atoms with Gasteiger partial charge in [0, 0.05) is 12.0 Å². The fourth-order valence-corrected chi connectivity index (χ4v) is 2.12. The highest BCUT2D eigenvalue weighted by molar-refractivity contribution is 6.99. The van der Waals surface area contributed by atoms with Crippen molar-refractivity contribution in [1.29, 1.82) is 0 Å². The van der Waals surface area contributed by atoms with Gasteiger partial charge in [0.15, 0.2) is 0 Å². The molecule has 3 nitrogen and oxygen atoms in total. The van der Waals surface area contributed by atoms with E-state index >= 15 is 0 Å². The fraction of sp³-hybridized carbons (Fsp3) is 0.556. The molecule has 0 spiro atoms. The second-order valence-electron chi connectivity index (χ2n) is 3.65. The van der Waals surface area contributed by atoms with Crippen LogP contribution in [0, 0.1) is 0 Å². The molecule has 0 amide bonds. The van der Waals surface area contributed by atoms with Crippen LogP contribution < -0.4 is 5.73 Å². The van der Waals surface area contributed by atoms with E-state index in [1.165, 1.54) is 11.7 Å². The molecule has 0 aromatic carbocycles. The van der Waals surface area contributed by atoms with Crippen LogP contribution in [-0.2, 0) is 6.42 Å². The molecule has 1 aromatic heterocycles. The highest BCUT2D eigenvalue weighted by Gasteiger charge is 2.26. The van der Waals surface area contributed by atoms with Crippen molar-refractivity contribution in [3.05, 3.63) is 24.0 Å². The summed E-state index contributed by atoms with van der Waals surface area (Å²) in [7, 11) is 0. The lowest BCUT2D eigenvalue weighted by Gasteiger charge is -2.29. The van der Waals surface area contributed by atoms with Crippen LogP contribution in [0.1, 0.15) is 25.0 Å². The number of aromatic nitrogens is 2. The second-order valence-corrected chi connectivity index (χ2v) is 4.21. The summed E-state index contributed by atoms with van der Waals surface area (Å²) in [6.45, 7) is 0. The third-order valence-electron chi connectivity index (χ3n) is 2.44. The Morgan fingerprint density at radius 2 is 2.46 bits per heavy atom. The Bertz CT molecular complexity index is 294. The molecule has 1 aliphatic carbocycles. The standard InChI is InChI=1S/C9H13N3S/c10-9(4-2-1-3-5-9)6-8-7-11-13-12-8/h1-2,7H,3-6,10H2. The van der Waals surface area contributed by atoms with Gasteiger partial charge in [-0.3, -0.25) is 0 Å². The van der Waals surface area contributed by atoms with Gasteiger partial charge in [-0.05, 0) is 19.3 Å². The Morgan fingerprint density at radius 3 is 3.08 bits per heavy atom. The molecule has 0 radical (unpaired) electrons. The molecule has 2 N–H and O–H groups in total. The van der Waals surface area contributed by atoms with Gasteiger partial charge in [-0.2, -0.15) is 8.75 Å². The van der Waals surface area contributed by atoms with Crippen LogP contribution in [0.15, 0.2) is 18.3 Å². The average molecular weight is 195 g/mol. The summed E-state index contributed by atoms with van der Waals surface area (Å²) in [5.41, 5.74) is 7.19. The Hall–Kier alpha value is -0.740. The summed E-state index contributed by atoms with van der Waals surface area (Å²) in [6, 6.07) is 0. The first-order valence-corrected chi connectivity index (χ1v) is 5.22. The van der Waals surface area contributed by atoms with Crippen molar-refractivity contribution in [3.8, 4) is 0 Å². The highest BCUT2D eigenvalue weighted by atomic mass is 32.1. The van der Waals surface area contributed by atoms with E-state index in [-0.39, 0.29) is 5.54 Å². The van der Waals surface area contributed by atoms with E-state index in [4.69, 9.17) is 5.73 Å². The minimum absolute atomic E-state index is 0.0789. The maximum Gasteiger partial charge on any atom is 0.0761 e. The maximum atomic E-state index is 6.24. The summed E-state index contributed by atoms with van der Waals surface area (Å²) in [5.74, 6) is 0. The molecule has 0 fully saturated rings. The van der Waals surface area contributed by atoms with Gasteiger partial charge in [0.1, 0.15) is 0 Å². The van der Waals surface area contributed by atoms with Gasteiger partial charge in [0.25, 0.3) is 0 Å². The molecule has 4 heteroatoms. The van der Waals surface area contributed by atoms with E-state index in [1.54, 1.807) is 0 Å². The van der Waals surface area contributed by atoms with Crippen LogP contribution in [0.25, 0.3) is 0 Å². The first-order valence-electron chi connectivity index (χ1n) is 4.49.